The highest BCUT2D eigenvalue weighted by molar-refractivity contribution is 7.80. The molecule has 0 aromatic heterocycles. The van der Waals surface area contributed by atoms with E-state index in [4.69, 9.17) is 21.7 Å². The highest BCUT2D eigenvalue weighted by Gasteiger charge is 2.27. The Balaban J connectivity index is 1.66. The number of piperidine rings is 2. The third-order valence-electron chi connectivity index (χ3n) is 5.75. The largest absolute Gasteiger partial charge is 0.465 e. The van der Waals surface area contributed by atoms with Gasteiger partial charge in [-0.15, -0.1) is 0 Å². The van der Waals surface area contributed by atoms with Gasteiger partial charge in [0.05, 0.1) is 31.0 Å². The van der Waals surface area contributed by atoms with Crippen LogP contribution < -0.4 is 5.32 Å². The van der Waals surface area contributed by atoms with Crippen molar-refractivity contribution >= 4 is 35.0 Å². The second-order valence-electron chi connectivity index (χ2n) is 7.49. The van der Waals surface area contributed by atoms with Gasteiger partial charge in [0.15, 0.2) is 5.11 Å². The summed E-state index contributed by atoms with van der Waals surface area (Å²) in [5.74, 6) is -0.965. The number of carbonyl (C=O) groups excluding carboxylic acids is 2. The van der Waals surface area contributed by atoms with Gasteiger partial charge in [-0.3, -0.25) is 0 Å². The molecule has 3 rings (SSSR count). The number of ether oxygens (including phenoxy) is 2. The number of rotatable bonds is 4. The van der Waals surface area contributed by atoms with Crippen LogP contribution in [0.4, 0.5) is 5.69 Å². The molecule has 0 radical (unpaired) electrons. The van der Waals surface area contributed by atoms with Gasteiger partial charge in [0.25, 0.3) is 0 Å². The zero-order chi connectivity index (χ0) is 20.8. The lowest BCUT2D eigenvalue weighted by atomic mass is 10.0. The zero-order valence-corrected chi connectivity index (χ0v) is 17.9. The first-order chi connectivity index (χ1) is 14.0. The average Bonchev–Trinajstić information content (AvgIpc) is 2.78. The second-order valence-corrected chi connectivity index (χ2v) is 7.88. The fourth-order valence-electron chi connectivity index (χ4n) is 4.09. The van der Waals surface area contributed by atoms with Gasteiger partial charge in [0.2, 0.25) is 0 Å². The molecule has 158 valence electrons. The standard InChI is InChI=1S/C21H29N3O4S/c1-27-19(25)15-6-7-17(20(26)28-2)18(14-15)22-21(29)24-12-8-16(9-13-24)23-10-4-3-5-11-23/h6-7,14,16H,3-5,8-13H2,1-2H3,(H,22,29). The molecule has 0 spiro atoms. The summed E-state index contributed by atoms with van der Waals surface area (Å²) in [6.45, 7) is 4.15. The van der Waals surface area contributed by atoms with Crippen molar-refractivity contribution in [2.75, 3.05) is 45.7 Å². The van der Waals surface area contributed by atoms with Gasteiger partial charge in [-0.25, -0.2) is 9.59 Å². The Kier molecular flexibility index (Phi) is 7.44. The maximum Gasteiger partial charge on any atom is 0.339 e. The van der Waals surface area contributed by atoms with E-state index >= 15 is 0 Å². The molecule has 0 atom stereocenters. The summed E-state index contributed by atoms with van der Waals surface area (Å²) in [5, 5.41) is 3.69. The van der Waals surface area contributed by atoms with Gasteiger partial charge in [0, 0.05) is 19.1 Å². The third-order valence-corrected chi connectivity index (χ3v) is 6.11. The SMILES string of the molecule is COC(=O)c1ccc(C(=O)OC)c(NC(=S)N2CCC(N3CCCCC3)CC2)c1. The van der Waals surface area contributed by atoms with E-state index in [0.717, 1.165) is 25.9 Å². The Labute approximate surface area is 177 Å². The van der Waals surface area contributed by atoms with Crippen molar-refractivity contribution in [3.05, 3.63) is 29.3 Å². The molecule has 2 aliphatic heterocycles. The molecule has 1 N–H and O–H groups in total. The molecule has 7 nitrogen and oxygen atoms in total. The summed E-state index contributed by atoms with van der Waals surface area (Å²) < 4.78 is 9.63. The number of thiocarbonyl (C=S) groups is 1. The molecule has 0 amide bonds. The number of carbonyl (C=O) groups is 2. The minimum atomic E-state index is -0.490. The van der Waals surface area contributed by atoms with Crippen molar-refractivity contribution in [3.63, 3.8) is 0 Å². The lowest BCUT2D eigenvalue weighted by molar-refractivity contribution is 0.0587. The van der Waals surface area contributed by atoms with Gasteiger partial charge < -0.3 is 24.6 Å². The van der Waals surface area contributed by atoms with E-state index in [-0.39, 0.29) is 0 Å². The molecule has 2 saturated heterocycles. The van der Waals surface area contributed by atoms with Gasteiger partial charge in [-0.05, 0) is 69.2 Å². The van der Waals surface area contributed by atoms with Crippen LogP contribution in [0.15, 0.2) is 18.2 Å². The van der Waals surface area contributed by atoms with E-state index in [2.05, 4.69) is 15.1 Å². The molecule has 0 unspecified atom stereocenters. The zero-order valence-electron chi connectivity index (χ0n) is 17.1. The Hall–Kier alpha value is -2.19. The van der Waals surface area contributed by atoms with Crippen molar-refractivity contribution in [1.82, 2.24) is 9.80 Å². The summed E-state index contributed by atoms with van der Waals surface area (Å²) in [4.78, 5) is 28.7. The molecular weight excluding hydrogens is 390 g/mol. The van der Waals surface area contributed by atoms with Gasteiger partial charge in [-0.2, -0.15) is 0 Å². The quantitative estimate of drug-likeness (QED) is 0.590. The number of benzene rings is 1. The van der Waals surface area contributed by atoms with Crippen LogP contribution in [0.5, 0.6) is 0 Å². The van der Waals surface area contributed by atoms with Crippen LogP contribution in [0, 0.1) is 0 Å². The van der Waals surface area contributed by atoms with Gasteiger partial charge in [-0.1, -0.05) is 6.42 Å². The van der Waals surface area contributed by atoms with Crippen LogP contribution >= 0.6 is 12.2 Å². The first kappa shape index (κ1) is 21.5. The van der Waals surface area contributed by atoms with Crippen molar-refractivity contribution in [2.24, 2.45) is 0 Å². The molecule has 0 saturated carbocycles. The minimum absolute atomic E-state index is 0.325. The maximum atomic E-state index is 12.1. The minimum Gasteiger partial charge on any atom is -0.465 e. The van der Waals surface area contributed by atoms with Crippen molar-refractivity contribution in [1.29, 1.82) is 0 Å². The summed E-state index contributed by atoms with van der Waals surface area (Å²) in [6.07, 6.45) is 6.10. The second kappa shape index (κ2) is 10.0. The van der Waals surface area contributed by atoms with E-state index in [1.54, 1.807) is 12.1 Å². The summed E-state index contributed by atoms with van der Waals surface area (Å²) in [5.41, 5.74) is 1.11. The predicted molar refractivity (Wildman–Crippen MR) is 115 cm³/mol. The highest BCUT2D eigenvalue weighted by atomic mass is 32.1. The van der Waals surface area contributed by atoms with E-state index in [9.17, 15) is 9.59 Å². The van der Waals surface area contributed by atoms with Gasteiger partial charge in [0.1, 0.15) is 0 Å². The smallest absolute Gasteiger partial charge is 0.339 e. The lowest BCUT2D eigenvalue weighted by Gasteiger charge is -2.41. The van der Waals surface area contributed by atoms with E-state index in [1.807, 2.05) is 0 Å². The molecule has 29 heavy (non-hydrogen) atoms. The van der Waals surface area contributed by atoms with E-state index in [0.29, 0.717) is 28.0 Å². The normalized spacial score (nSPS) is 18.2. The fourth-order valence-corrected chi connectivity index (χ4v) is 4.38. The van der Waals surface area contributed by atoms with Crippen LogP contribution in [-0.4, -0.2) is 73.3 Å². The Morgan fingerprint density at radius 1 is 1.00 bits per heavy atom. The molecule has 8 heteroatoms. The molecule has 2 fully saturated rings. The predicted octanol–water partition coefficient (Wildman–Crippen LogP) is 2.91. The number of hydrogen-bond acceptors (Lipinski definition) is 6. The van der Waals surface area contributed by atoms with E-state index in [1.165, 1.54) is 52.6 Å². The molecule has 0 bridgehead atoms. The monoisotopic (exact) mass is 419 g/mol. The number of nitrogens with zero attached hydrogens (tertiary/aromatic N) is 2. The number of likely N-dealkylation sites (tertiary alicyclic amines) is 2. The van der Waals surface area contributed by atoms with Crippen LogP contribution in [0.3, 0.4) is 0 Å². The molecule has 0 aliphatic carbocycles. The molecule has 2 aliphatic rings. The number of nitrogens with one attached hydrogen (secondary N) is 1. The van der Waals surface area contributed by atoms with Crippen LogP contribution in [-0.2, 0) is 9.47 Å². The first-order valence-electron chi connectivity index (χ1n) is 10.1. The number of esters is 2. The van der Waals surface area contributed by atoms with Gasteiger partial charge >= 0.3 is 11.9 Å². The van der Waals surface area contributed by atoms with Crippen molar-refractivity contribution < 1.29 is 19.1 Å². The number of hydrogen-bond donors (Lipinski definition) is 1. The third kappa shape index (κ3) is 5.25. The van der Waals surface area contributed by atoms with Crippen LogP contribution in [0.25, 0.3) is 0 Å². The Bertz CT molecular complexity index is 756. The van der Waals surface area contributed by atoms with Crippen LogP contribution in [0.1, 0.15) is 52.8 Å². The van der Waals surface area contributed by atoms with Crippen molar-refractivity contribution in [2.45, 2.75) is 38.1 Å². The lowest BCUT2D eigenvalue weighted by Crippen LogP contribution is -2.49. The first-order valence-corrected chi connectivity index (χ1v) is 10.5. The molecular formula is C21H29N3O4S. The topological polar surface area (TPSA) is 71.1 Å². The number of methoxy groups -OCH3 is 2. The molecule has 2 heterocycles. The fraction of sp³-hybridized carbons (Fsp3) is 0.571. The Morgan fingerprint density at radius 3 is 2.28 bits per heavy atom. The molecule has 1 aromatic rings. The van der Waals surface area contributed by atoms with Crippen LogP contribution in [0.2, 0.25) is 0 Å². The average molecular weight is 420 g/mol. The summed E-state index contributed by atoms with van der Waals surface area (Å²) >= 11 is 5.60. The number of anilines is 1. The summed E-state index contributed by atoms with van der Waals surface area (Å²) in [6, 6.07) is 5.29. The maximum absolute atomic E-state index is 12.1. The van der Waals surface area contributed by atoms with Crippen molar-refractivity contribution in [3.8, 4) is 0 Å². The molecule has 1 aromatic carbocycles. The summed E-state index contributed by atoms with van der Waals surface area (Å²) in [7, 11) is 2.64. The highest BCUT2D eigenvalue weighted by Crippen LogP contribution is 2.23. The van der Waals surface area contributed by atoms with E-state index < -0.39 is 11.9 Å². The Morgan fingerprint density at radius 2 is 1.66 bits per heavy atom.